The van der Waals surface area contributed by atoms with E-state index in [-0.39, 0.29) is 25.4 Å². The van der Waals surface area contributed by atoms with Crippen molar-refractivity contribution in [3.63, 3.8) is 0 Å². The summed E-state index contributed by atoms with van der Waals surface area (Å²) in [4.78, 5) is 14.4. The fraction of sp³-hybridized carbons (Fsp3) is 0.778. The molecule has 0 fully saturated rings. The molecule has 0 saturated carbocycles. The van der Waals surface area contributed by atoms with Gasteiger partial charge in [0.2, 0.25) is 5.78 Å². The van der Waals surface area contributed by atoms with Crippen LogP contribution in [0.5, 0.6) is 0 Å². The van der Waals surface area contributed by atoms with Crippen molar-refractivity contribution in [2.24, 2.45) is 0 Å². The maximum Gasteiger partial charge on any atom is 0.316 e. The second-order valence-corrected chi connectivity index (χ2v) is 8.33. The van der Waals surface area contributed by atoms with Crippen LogP contribution in [-0.2, 0) is 14.9 Å². The maximum absolute atomic E-state index is 12.6. The average molecular weight is 406 g/mol. The highest BCUT2D eigenvalue weighted by atomic mass is 32.2. The number of hydrogen-bond acceptors (Lipinski definition) is 6. The Morgan fingerprint density at radius 3 is 2.67 bits per heavy atom. The van der Waals surface area contributed by atoms with Crippen LogP contribution in [0.15, 0.2) is 12.2 Å². The molecule has 1 unspecified atom stereocenters. The van der Waals surface area contributed by atoms with Crippen LogP contribution >= 0.6 is 0 Å². The third kappa shape index (κ3) is 9.46. The van der Waals surface area contributed by atoms with Crippen LogP contribution in [0.2, 0.25) is 0 Å². The summed E-state index contributed by atoms with van der Waals surface area (Å²) < 4.78 is 32.3. The van der Waals surface area contributed by atoms with Crippen molar-refractivity contribution in [3.8, 4) is 0 Å². The van der Waals surface area contributed by atoms with Crippen molar-refractivity contribution in [2.45, 2.75) is 51.6 Å². The first-order valence-electron chi connectivity index (χ1n) is 9.57. The first-order valence-corrected chi connectivity index (χ1v) is 11.2. The predicted molar refractivity (Wildman–Crippen MR) is 104 cm³/mol. The van der Waals surface area contributed by atoms with Crippen LogP contribution < -0.4 is 0 Å². The van der Waals surface area contributed by atoms with E-state index in [0.717, 1.165) is 12.8 Å². The van der Waals surface area contributed by atoms with Crippen LogP contribution in [0.4, 0.5) is 0 Å². The highest BCUT2D eigenvalue weighted by Crippen LogP contribution is 2.08. The Bertz CT molecular complexity index is 630. The number of ketones is 1. The summed E-state index contributed by atoms with van der Waals surface area (Å²) in [5.74, 6) is -0.526. The highest BCUT2D eigenvalue weighted by Gasteiger charge is 2.36. The molecule has 0 amide bonds. The lowest BCUT2D eigenvalue weighted by Gasteiger charge is -2.12. The fourth-order valence-electron chi connectivity index (χ4n) is 3.16. The van der Waals surface area contributed by atoms with Crippen LogP contribution in [0.1, 0.15) is 45.4 Å². The monoisotopic (exact) mass is 405 g/mol. The zero-order valence-corrected chi connectivity index (χ0v) is 16.9. The molecule has 1 aliphatic rings. The van der Waals surface area contributed by atoms with E-state index in [1.54, 1.807) is 9.48 Å². The van der Waals surface area contributed by atoms with Gasteiger partial charge in [-0.1, -0.05) is 38.3 Å². The quantitative estimate of drug-likeness (QED) is 0.166. The minimum Gasteiger partial charge on any atom is -0.392 e. The summed E-state index contributed by atoms with van der Waals surface area (Å²) in [6.07, 6.45) is 8.35. The number of aliphatic hydroxyl groups excluding tert-OH is 2. The molecule has 1 atom stereocenters. The number of allylic oxidation sites excluding steroid dienone is 2. The summed E-state index contributed by atoms with van der Waals surface area (Å²) in [7, 11) is -4.29. The predicted octanol–water partition coefficient (Wildman–Crippen LogP) is 0.440. The number of unbranched alkanes of at least 4 members (excludes halogenated alkanes) is 4. The number of rotatable bonds is 14. The van der Waals surface area contributed by atoms with Gasteiger partial charge in [0.05, 0.1) is 6.61 Å². The first-order chi connectivity index (χ1) is 12.8. The summed E-state index contributed by atoms with van der Waals surface area (Å²) in [6.45, 7) is 3.25. The van der Waals surface area contributed by atoms with Crippen molar-refractivity contribution in [1.82, 2.24) is 4.90 Å². The molecule has 3 N–H and O–H groups in total. The van der Waals surface area contributed by atoms with Crippen molar-refractivity contribution < 1.29 is 32.6 Å². The molecule has 1 aliphatic heterocycles. The van der Waals surface area contributed by atoms with Gasteiger partial charge in [-0.2, -0.15) is 8.42 Å². The van der Waals surface area contributed by atoms with E-state index in [1.165, 1.54) is 19.3 Å². The van der Waals surface area contributed by atoms with Crippen LogP contribution in [0.25, 0.3) is 0 Å². The van der Waals surface area contributed by atoms with Gasteiger partial charge in [0, 0.05) is 6.42 Å². The van der Waals surface area contributed by atoms with Crippen molar-refractivity contribution in [3.05, 3.63) is 12.2 Å². The van der Waals surface area contributed by atoms with Gasteiger partial charge < -0.3 is 10.2 Å². The van der Waals surface area contributed by atoms with E-state index in [9.17, 15) is 23.4 Å². The molecule has 27 heavy (non-hydrogen) atoms. The standard InChI is InChI=1S/C18H32N2O6S/c1-2-3-4-5-6-7-8-9-17(23)18-19(12-13-21)10-11-20(18)14-16(22)15-27(24,25)26/h7-8,16,21-22H,2-6,9-15H2,1H3/p+1/b8-7+. The van der Waals surface area contributed by atoms with Gasteiger partial charge in [0.1, 0.15) is 38.0 Å². The molecule has 0 aliphatic carbocycles. The minimum atomic E-state index is -4.29. The second kappa shape index (κ2) is 12.2. The normalized spacial score (nSPS) is 16.5. The molecule has 0 aromatic heterocycles. The number of amidine groups is 1. The SMILES string of the molecule is CCCCCC/C=C/CC(=O)C1=[N+](CC(O)CS(=O)(=O)O)CCN1CCO. The van der Waals surface area contributed by atoms with E-state index in [4.69, 9.17) is 4.55 Å². The van der Waals surface area contributed by atoms with E-state index in [1.807, 2.05) is 12.2 Å². The van der Waals surface area contributed by atoms with E-state index < -0.39 is 22.0 Å². The topological polar surface area (TPSA) is 118 Å². The Hall–Kier alpha value is -1.29. The molecule has 0 aromatic carbocycles. The highest BCUT2D eigenvalue weighted by molar-refractivity contribution is 7.85. The Kier molecular flexibility index (Phi) is 10.8. The summed E-state index contributed by atoms with van der Waals surface area (Å²) >= 11 is 0. The van der Waals surface area contributed by atoms with Crippen molar-refractivity contribution >= 4 is 21.7 Å². The number of carbonyl (C=O) groups is 1. The number of nitrogens with zero attached hydrogens (tertiary/aromatic N) is 2. The number of aliphatic hydroxyl groups is 2. The Labute approximate surface area is 161 Å². The van der Waals surface area contributed by atoms with Crippen LogP contribution in [-0.4, -0.2) is 88.9 Å². The molecule has 1 heterocycles. The molecule has 0 saturated heterocycles. The van der Waals surface area contributed by atoms with Crippen LogP contribution in [0, 0.1) is 0 Å². The van der Waals surface area contributed by atoms with Gasteiger partial charge >= 0.3 is 5.84 Å². The number of carbonyl (C=O) groups excluding carboxylic acids is 1. The van der Waals surface area contributed by atoms with Gasteiger partial charge in [-0.05, 0) is 12.8 Å². The van der Waals surface area contributed by atoms with Gasteiger partial charge in [0.15, 0.2) is 0 Å². The third-order valence-electron chi connectivity index (χ3n) is 4.39. The minimum absolute atomic E-state index is 0.0659. The fourth-order valence-corrected chi connectivity index (χ4v) is 3.75. The molecule has 0 spiro atoms. The first kappa shape index (κ1) is 23.7. The molecule has 0 bridgehead atoms. The molecule has 9 heteroatoms. The molecule has 156 valence electrons. The van der Waals surface area contributed by atoms with E-state index >= 15 is 0 Å². The summed E-state index contributed by atoms with van der Waals surface area (Å²) in [6, 6.07) is 0. The largest absolute Gasteiger partial charge is 0.392 e. The zero-order chi connectivity index (χ0) is 20.3. The number of β-amino-alcohol motifs (C(OH)–C–C–N with tert-alkyl or cyclic N) is 2. The Morgan fingerprint density at radius 1 is 1.30 bits per heavy atom. The molecule has 8 nitrogen and oxygen atoms in total. The Balaban J connectivity index is 2.71. The molecular weight excluding hydrogens is 372 g/mol. The average Bonchev–Trinajstić information content (AvgIpc) is 2.94. The maximum atomic E-state index is 12.6. The molecular formula is C18H33N2O6S+. The summed E-state index contributed by atoms with van der Waals surface area (Å²) in [5, 5.41) is 19.1. The number of Topliss-reactive ketones (excluding diaryl/α,β-unsaturated/α-hetero) is 1. The number of hydrogen-bond donors (Lipinski definition) is 3. The Morgan fingerprint density at radius 2 is 2.04 bits per heavy atom. The zero-order valence-electron chi connectivity index (χ0n) is 16.1. The lowest BCUT2D eigenvalue weighted by Crippen LogP contribution is -2.40. The van der Waals surface area contributed by atoms with E-state index in [0.29, 0.717) is 25.5 Å². The van der Waals surface area contributed by atoms with E-state index in [2.05, 4.69) is 6.92 Å². The second-order valence-electron chi connectivity index (χ2n) is 6.83. The smallest absolute Gasteiger partial charge is 0.316 e. The third-order valence-corrected chi connectivity index (χ3v) is 5.19. The lowest BCUT2D eigenvalue weighted by molar-refractivity contribution is -0.525. The molecule has 0 radical (unpaired) electrons. The van der Waals surface area contributed by atoms with Gasteiger partial charge in [0.25, 0.3) is 10.1 Å². The van der Waals surface area contributed by atoms with Crippen molar-refractivity contribution in [2.75, 3.05) is 38.5 Å². The van der Waals surface area contributed by atoms with Crippen LogP contribution in [0.3, 0.4) is 0 Å². The van der Waals surface area contributed by atoms with Gasteiger partial charge in [-0.3, -0.25) is 18.8 Å². The lowest BCUT2D eigenvalue weighted by atomic mass is 10.1. The molecule has 1 rings (SSSR count). The van der Waals surface area contributed by atoms with Gasteiger partial charge in [-0.15, -0.1) is 0 Å². The van der Waals surface area contributed by atoms with Crippen molar-refractivity contribution in [1.29, 1.82) is 0 Å². The van der Waals surface area contributed by atoms with Gasteiger partial charge in [-0.25, -0.2) is 0 Å². The summed E-state index contributed by atoms with van der Waals surface area (Å²) in [5.41, 5.74) is 0. The molecule has 0 aromatic rings.